The van der Waals surface area contributed by atoms with Crippen molar-refractivity contribution in [3.05, 3.63) is 70.4 Å². The van der Waals surface area contributed by atoms with Crippen LogP contribution in [-0.4, -0.2) is 17.0 Å². The minimum Gasteiger partial charge on any atom is -0.356 e. The van der Waals surface area contributed by atoms with Crippen LogP contribution in [0.3, 0.4) is 0 Å². The fourth-order valence-electron chi connectivity index (χ4n) is 2.95. The van der Waals surface area contributed by atoms with E-state index in [1.54, 1.807) is 6.07 Å². The van der Waals surface area contributed by atoms with E-state index in [4.69, 9.17) is 16.1 Å². The molecular formula is C23H20ClF3N4O2. The predicted octanol–water partition coefficient (Wildman–Crippen LogP) is 6.00. The number of Topliss-reactive ketones (excluding diaryl/α,β-unsaturated/α-hetero) is 1. The first kappa shape index (κ1) is 24.3. The second-order valence-electron chi connectivity index (χ2n) is 8.33. The van der Waals surface area contributed by atoms with Crippen LogP contribution in [0.2, 0.25) is 5.02 Å². The van der Waals surface area contributed by atoms with Crippen molar-refractivity contribution in [1.82, 2.24) is 10.6 Å². The maximum Gasteiger partial charge on any atom is 0.416 e. The smallest absolute Gasteiger partial charge is 0.356 e. The summed E-state index contributed by atoms with van der Waals surface area (Å²) in [6, 6.07) is 12.1. The van der Waals surface area contributed by atoms with Crippen LogP contribution in [0.5, 0.6) is 0 Å². The van der Waals surface area contributed by atoms with Gasteiger partial charge in [0, 0.05) is 16.7 Å². The zero-order chi connectivity index (χ0) is 24.4. The Morgan fingerprint density at radius 2 is 1.76 bits per heavy atom. The SMILES string of the molecule is CC(C)(C)c1ccc(-c2cc(C(=O)C(C#N)NNc3cc(Cl)cc(C(F)(F)F)c3)no2)cc1. The molecule has 0 fully saturated rings. The highest BCUT2D eigenvalue weighted by molar-refractivity contribution is 6.30. The largest absolute Gasteiger partial charge is 0.416 e. The van der Waals surface area contributed by atoms with E-state index in [0.29, 0.717) is 11.3 Å². The third-order valence-corrected chi connectivity index (χ3v) is 4.99. The molecule has 3 aromatic rings. The molecule has 172 valence electrons. The molecule has 1 unspecified atom stereocenters. The topological polar surface area (TPSA) is 91.0 Å². The molecule has 1 aromatic heterocycles. The number of carbonyl (C=O) groups is 1. The molecule has 10 heteroatoms. The number of nitrogens with one attached hydrogen (secondary N) is 2. The van der Waals surface area contributed by atoms with Crippen molar-refractivity contribution in [2.24, 2.45) is 0 Å². The van der Waals surface area contributed by atoms with E-state index < -0.39 is 23.6 Å². The Labute approximate surface area is 193 Å². The second-order valence-corrected chi connectivity index (χ2v) is 8.76. The highest BCUT2D eigenvalue weighted by Crippen LogP contribution is 2.33. The number of hydrogen-bond donors (Lipinski definition) is 2. The summed E-state index contributed by atoms with van der Waals surface area (Å²) in [5, 5.41) is 12.9. The average molecular weight is 477 g/mol. The monoisotopic (exact) mass is 476 g/mol. The van der Waals surface area contributed by atoms with Gasteiger partial charge in [-0.2, -0.15) is 18.4 Å². The molecule has 0 saturated heterocycles. The molecule has 0 aliphatic rings. The first-order chi connectivity index (χ1) is 15.4. The summed E-state index contributed by atoms with van der Waals surface area (Å²) in [5.41, 5.74) is 5.47. The van der Waals surface area contributed by atoms with Crippen LogP contribution in [0.25, 0.3) is 11.3 Å². The number of halogens is 4. The first-order valence-corrected chi connectivity index (χ1v) is 10.2. The summed E-state index contributed by atoms with van der Waals surface area (Å²) in [7, 11) is 0. The van der Waals surface area contributed by atoms with Crippen LogP contribution in [-0.2, 0) is 11.6 Å². The molecule has 0 radical (unpaired) electrons. The van der Waals surface area contributed by atoms with Crippen LogP contribution in [0.4, 0.5) is 18.9 Å². The zero-order valence-electron chi connectivity index (χ0n) is 17.9. The normalized spacial score (nSPS) is 12.8. The number of nitriles is 1. The van der Waals surface area contributed by atoms with E-state index in [9.17, 15) is 23.2 Å². The second kappa shape index (κ2) is 9.25. The highest BCUT2D eigenvalue weighted by atomic mass is 35.5. The molecule has 2 N–H and O–H groups in total. The van der Waals surface area contributed by atoms with Gasteiger partial charge in [0.25, 0.3) is 0 Å². The Hall–Kier alpha value is -3.35. The highest BCUT2D eigenvalue weighted by Gasteiger charge is 2.31. The van der Waals surface area contributed by atoms with Crippen LogP contribution in [0.1, 0.15) is 42.4 Å². The molecule has 2 aromatic carbocycles. The summed E-state index contributed by atoms with van der Waals surface area (Å²) < 4.78 is 44.1. The van der Waals surface area contributed by atoms with E-state index in [2.05, 4.69) is 36.8 Å². The molecular weight excluding hydrogens is 457 g/mol. The number of hydrazine groups is 1. The molecule has 0 spiro atoms. The van der Waals surface area contributed by atoms with Gasteiger partial charge in [0.1, 0.15) is 0 Å². The molecule has 0 aliphatic heterocycles. The predicted molar refractivity (Wildman–Crippen MR) is 118 cm³/mol. The minimum atomic E-state index is -4.60. The number of anilines is 1. The molecule has 0 amide bonds. The van der Waals surface area contributed by atoms with Gasteiger partial charge in [-0.05, 0) is 29.2 Å². The average Bonchev–Trinajstić information content (AvgIpc) is 3.23. The Bertz CT molecular complexity index is 1190. The Morgan fingerprint density at radius 1 is 1.09 bits per heavy atom. The molecule has 0 bridgehead atoms. The van der Waals surface area contributed by atoms with Gasteiger partial charge in [0.15, 0.2) is 17.5 Å². The lowest BCUT2D eigenvalue weighted by Gasteiger charge is -2.18. The van der Waals surface area contributed by atoms with Gasteiger partial charge in [-0.25, -0.2) is 5.43 Å². The van der Waals surface area contributed by atoms with Crippen LogP contribution in [0.15, 0.2) is 53.1 Å². The number of hydrogen-bond acceptors (Lipinski definition) is 6. The van der Waals surface area contributed by atoms with Crippen LogP contribution < -0.4 is 10.9 Å². The van der Waals surface area contributed by atoms with Crippen molar-refractivity contribution in [2.45, 2.75) is 38.4 Å². The van der Waals surface area contributed by atoms with Crippen molar-refractivity contribution in [2.75, 3.05) is 5.43 Å². The molecule has 0 aliphatic carbocycles. The summed E-state index contributed by atoms with van der Waals surface area (Å²) in [4.78, 5) is 12.7. The lowest BCUT2D eigenvalue weighted by molar-refractivity contribution is -0.137. The van der Waals surface area contributed by atoms with Gasteiger partial charge >= 0.3 is 6.18 Å². The Balaban J connectivity index is 1.72. The number of rotatable bonds is 6. The van der Waals surface area contributed by atoms with Crippen molar-refractivity contribution >= 4 is 23.1 Å². The van der Waals surface area contributed by atoms with E-state index in [0.717, 1.165) is 17.7 Å². The van der Waals surface area contributed by atoms with E-state index in [1.165, 1.54) is 12.1 Å². The lowest BCUT2D eigenvalue weighted by Crippen LogP contribution is -2.39. The van der Waals surface area contributed by atoms with Gasteiger partial charge in [0.2, 0.25) is 5.78 Å². The Kier molecular flexibility index (Phi) is 6.81. The number of alkyl halides is 3. The van der Waals surface area contributed by atoms with Crippen molar-refractivity contribution in [3.63, 3.8) is 0 Å². The summed E-state index contributed by atoms with van der Waals surface area (Å²) >= 11 is 5.74. The van der Waals surface area contributed by atoms with Gasteiger partial charge in [-0.15, -0.1) is 0 Å². The quantitative estimate of drug-likeness (QED) is 0.335. The van der Waals surface area contributed by atoms with Crippen molar-refractivity contribution < 1.29 is 22.5 Å². The molecule has 0 saturated carbocycles. The molecule has 6 nitrogen and oxygen atoms in total. The van der Waals surface area contributed by atoms with Crippen LogP contribution in [0, 0.1) is 11.3 Å². The summed E-state index contributed by atoms with van der Waals surface area (Å²) in [6.45, 7) is 6.26. The van der Waals surface area contributed by atoms with E-state index in [1.807, 2.05) is 24.3 Å². The number of ketones is 1. The van der Waals surface area contributed by atoms with Crippen molar-refractivity contribution in [1.29, 1.82) is 5.26 Å². The van der Waals surface area contributed by atoms with Crippen LogP contribution >= 0.6 is 11.6 Å². The molecule has 3 rings (SSSR count). The number of nitrogens with zero attached hydrogens (tertiary/aromatic N) is 2. The minimum absolute atomic E-state index is 0.0242. The molecule has 33 heavy (non-hydrogen) atoms. The molecule has 1 atom stereocenters. The Morgan fingerprint density at radius 3 is 2.33 bits per heavy atom. The number of carbonyl (C=O) groups excluding carboxylic acids is 1. The summed E-state index contributed by atoms with van der Waals surface area (Å²) in [6.07, 6.45) is -4.60. The van der Waals surface area contributed by atoms with Gasteiger partial charge < -0.3 is 9.95 Å². The van der Waals surface area contributed by atoms with Gasteiger partial charge in [0.05, 0.1) is 17.3 Å². The summed E-state index contributed by atoms with van der Waals surface area (Å²) in [5.74, 6) is -0.377. The lowest BCUT2D eigenvalue weighted by atomic mass is 9.86. The van der Waals surface area contributed by atoms with E-state index >= 15 is 0 Å². The van der Waals surface area contributed by atoms with Gasteiger partial charge in [-0.3, -0.25) is 4.79 Å². The zero-order valence-corrected chi connectivity index (χ0v) is 18.7. The van der Waals surface area contributed by atoms with Gasteiger partial charge in [-0.1, -0.05) is 61.8 Å². The molecule has 1 heterocycles. The first-order valence-electron chi connectivity index (χ1n) is 9.79. The van der Waals surface area contributed by atoms with Crippen molar-refractivity contribution in [3.8, 4) is 17.4 Å². The third-order valence-electron chi connectivity index (χ3n) is 4.78. The number of benzene rings is 2. The maximum absolute atomic E-state index is 13.0. The third kappa shape index (κ3) is 5.92. The standard InChI is InChI=1S/C23H20ClF3N4O2/c1-22(2,3)14-6-4-13(5-7-14)20-11-18(31-33-20)21(32)19(12-28)30-29-17-9-15(23(25,26)27)8-16(24)10-17/h4-11,19,29-30H,1-3H3. The fraction of sp³-hybridized carbons (Fsp3) is 0.261. The van der Waals surface area contributed by atoms with E-state index in [-0.39, 0.29) is 21.8 Å². The fourth-order valence-corrected chi connectivity index (χ4v) is 3.18. The number of aromatic nitrogens is 1. The maximum atomic E-state index is 13.0.